The van der Waals surface area contributed by atoms with Crippen LogP contribution in [0.2, 0.25) is 0 Å². The summed E-state index contributed by atoms with van der Waals surface area (Å²) >= 11 is 1.45. The summed E-state index contributed by atoms with van der Waals surface area (Å²) in [7, 11) is 1.60. The molecule has 0 saturated carbocycles. The van der Waals surface area contributed by atoms with Crippen molar-refractivity contribution >= 4 is 23.2 Å². The van der Waals surface area contributed by atoms with Crippen molar-refractivity contribution in [2.24, 2.45) is 0 Å². The zero-order valence-electron chi connectivity index (χ0n) is 7.77. The molecule has 0 unspecified atom stereocenters. The van der Waals surface area contributed by atoms with Crippen molar-refractivity contribution in [1.29, 1.82) is 0 Å². The molecule has 1 amide bonds. The Balaban J connectivity index is 2.49. The first-order valence-corrected chi connectivity index (χ1v) is 5.05. The summed E-state index contributed by atoms with van der Waals surface area (Å²) in [6.07, 6.45) is -0.0215. The van der Waals surface area contributed by atoms with Gasteiger partial charge in [-0.1, -0.05) is 0 Å². The van der Waals surface area contributed by atoms with E-state index >= 15 is 0 Å². The number of hydrogen-bond acceptors (Lipinski definition) is 3. The number of rotatable bonds is 4. The summed E-state index contributed by atoms with van der Waals surface area (Å²) in [5, 5.41) is 12.0. The van der Waals surface area contributed by atoms with Crippen LogP contribution in [-0.4, -0.2) is 35.5 Å². The number of thiophene rings is 1. The minimum atomic E-state index is -0.894. The van der Waals surface area contributed by atoms with Crippen LogP contribution < -0.4 is 0 Å². The summed E-state index contributed by atoms with van der Waals surface area (Å²) in [5.74, 6) is -1.03. The van der Waals surface area contributed by atoms with E-state index in [1.165, 1.54) is 16.2 Å². The number of carboxylic acids is 1. The number of carbonyl (C=O) groups excluding carboxylic acids is 1. The molecular weight excluding hydrogens is 202 g/mol. The van der Waals surface area contributed by atoms with Gasteiger partial charge in [-0.3, -0.25) is 9.59 Å². The molecule has 0 aliphatic carbocycles. The van der Waals surface area contributed by atoms with E-state index in [2.05, 4.69) is 0 Å². The molecule has 0 radical (unpaired) electrons. The van der Waals surface area contributed by atoms with E-state index in [9.17, 15) is 9.59 Å². The highest BCUT2D eigenvalue weighted by molar-refractivity contribution is 7.08. The Bertz CT molecular complexity index is 321. The average molecular weight is 213 g/mol. The van der Waals surface area contributed by atoms with Crippen molar-refractivity contribution < 1.29 is 14.7 Å². The molecule has 0 aliphatic rings. The molecule has 14 heavy (non-hydrogen) atoms. The fraction of sp³-hybridized carbons (Fsp3) is 0.333. The van der Waals surface area contributed by atoms with Gasteiger partial charge in [0.05, 0.1) is 12.0 Å². The Hall–Kier alpha value is -1.36. The molecule has 0 saturated heterocycles. The summed E-state index contributed by atoms with van der Waals surface area (Å²) in [6.45, 7) is 0.240. The van der Waals surface area contributed by atoms with Gasteiger partial charge in [0.2, 0.25) is 0 Å². The van der Waals surface area contributed by atoms with Crippen LogP contribution in [0.15, 0.2) is 16.8 Å². The second-order valence-corrected chi connectivity index (χ2v) is 3.66. The van der Waals surface area contributed by atoms with Gasteiger partial charge in [0.25, 0.3) is 5.91 Å². The molecule has 5 heteroatoms. The lowest BCUT2D eigenvalue weighted by Gasteiger charge is -2.14. The molecule has 0 fully saturated rings. The Morgan fingerprint density at radius 2 is 2.29 bits per heavy atom. The maximum absolute atomic E-state index is 11.6. The molecule has 76 valence electrons. The van der Waals surface area contributed by atoms with Crippen LogP contribution in [0.1, 0.15) is 16.8 Å². The van der Waals surface area contributed by atoms with Gasteiger partial charge in [0.1, 0.15) is 0 Å². The normalized spacial score (nSPS) is 9.79. The third-order valence-corrected chi connectivity index (χ3v) is 2.46. The number of aliphatic carboxylic acids is 1. The smallest absolute Gasteiger partial charge is 0.305 e. The average Bonchev–Trinajstić information content (AvgIpc) is 2.65. The molecule has 0 bridgehead atoms. The maximum atomic E-state index is 11.6. The first-order chi connectivity index (χ1) is 6.61. The summed E-state index contributed by atoms with van der Waals surface area (Å²) in [6, 6.07) is 1.73. The van der Waals surface area contributed by atoms with Crippen molar-refractivity contribution in [3.8, 4) is 0 Å². The standard InChI is InChI=1S/C9H11NO3S/c1-10(4-2-8(11)12)9(13)7-3-5-14-6-7/h3,5-6H,2,4H2,1H3,(H,11,12). The number of amides is 1. The van der Waals surface area contributed by atoms with Crippen LogP contribution in [0.4, 0.5) is 0 Å². The van der Waals surface area contributed by atoms with Gasteiger partial charge >= 0.3 is 5.97 Å². The Labute approximate surface area is 85.8 Å². The highest BCUT2D eigenvalue weighted by Gasteiger charge is 2.12. The Morgan fingerprint density at radius 1 is 1.57 bits per heavy atom. The van der Waals surface area contributed by atoms with E-state index in [1.54, 1.807) is 18.5 Å². The van der Waals surface area contributed by atoms with Crippen molar-refractivity contribution in [3.63, 3.8) is 0 Å². The highest BCUT2D eigenvalue weighted by Crippen LogP contribution is 2.08. The molecule has 1 N–H and O–H groups in total. The molecule has 1 aromatic rings. The third kappa shape index (κ3) is 2.85. The molecule has 0 aromatic carbocycles. The zero-order valence-corrected chi connectivity index (χ0v) is 8.58. The lowest BCUT2D eigenvalue weighted by atomic mass is 10.3. The molecule has 0 spiro atoms. The predicted octanol–water partition coefficient (Wildman–Crippen LogP) is 1.29. The minimum Gasteiger partial charge on any atom is -0.481 e. The lowest BCUT2D eigenvalue weighted by molar-refractivity contribution is -0.137. The first kappa shape index (κ1) is 10.7. The van der Waals surface area contributed by atoms with Crippen LogP contribution in [0, 0.1) is 0 Å². The highest BCUT2D eigenvalue weighted by atomic mass is 32.1. The molecule has 0 aliphatic heterocycles. The maximum Gasteiger partial charge on any atom is 0.305 e. The van der Waals surface area contributed by atoms with Crippen LogP contribution in [0.25, 0.3) is 0 Å². The second kappa shape index (κ2) is 4.76. The van der Waals surface area contributed by atoms with E-state index in [-0.39, 0.29) is 18.9 Å². The number of carboxylic acid groups (broad SMARTS) is 1. The van der Waals surface area contributed by atoms with Gasteiger partial charge < -0.3 is 10.0 Å². The van der Waals surface area contributed by atoms with Crippen LogP contribution in [-0.2, 0) is 4.79 Å². The largest absolute Gasteiger partial charge is 0.481 e. The topological polar surface area (TPSA) is 57.6 Å². The molecular formula is C9H11NO3S. The SMILES string of the molecule is CN(CCC(=O)O)C(=O)c1ccsc1. The number of nitrogens with zero attached hydrogens (tertiary/aromatic N) is 1. The van der Waals surface area contributed by atoms with Crippen LogP contribution in [0.3, 0.4) is 0 Å². The van der Waals surface area contributed by atoms with Crippen LogP contribution >= 0.6 is 11.3 Å². The van der Waals surface area contributed by atoms with Gasteiger partial charge in [-0.2, -0.15) is 11.3 Å². The Morgan fingerprint density at radius 3 is 2.79 bits per heavy atom. The summed E-state index contributed by atoms with van der Waals surface area (Å²) in [5.41, 5.74) is 0.614. The van der Waals surface area contributed by atoms with Gasteiger partial charge in [-0.25, -0.2) is 0 Å². The van der Waals surface area contributed by atoms with Crippen molar-refractivity contribution in [1.82, 2.24) is 4.90 Å². The van der Waals surface area contributed by atoms with Crippen molar-refractivity contribution in [2.45, 2.75) is 6.42 Å². The first-order valence-electron chi connectivity index (χ1n) is 4.10. The molecule has 1 heterocycles. The molecule has 0 atom stereocenters. The quantitative estimate of drug-likeness (QED) is 0.820. The summed E-state index contributed by atoms with van der Waals surface area (Å²) < 4.78 is 0. The van der Waals surface area contributed by atoms with Gasteiger partial charge in [-0.05, 0) is 11.4 Å². The lowest BCUT2D eigenvalue weighted by Crippen LogP contribution is -2.28. The van der Waals surface area contributed by atoms with Crippen molar-refractivity contribution in [2.75, 3.05) is 13.6 Å². The van der Waals surface area contributed by atoms with E-state index in [0.717, 1.165) is 0 Å². The van der Waals surface area contributed by atoms with Crippen LogP contribution in [0.5, 0.6) is 0 Å². The molecule has 4 nitrogen and oxygen atoms in total. The minimum absolute atomic E-state index is 0.0215. The Kier molecular flexibility index (Phi) is 3.64. The fourth-order valence-corrected chi connectivity index (χ4v) is 1.60. The van der Waals surface area contributed by atoms with E-state index in [0.29, 0.717) is 5.56 Å². The second-order valence-electron chi connectivity index (χ2n) is 2.88. The van der Waals surface area contributed by atoms with E-state index in [1.807, 2.05) is 5.38 Å². The van der Waals surface area contributed by atoms with E-state index in [4.69, 9.17) is 5.11 Å². The fourth-order valence-electron chi connectivity index (χ4n) is 0.971. The monoisotopic (exact) mass is 213 g/mol. The third-order valence-electron chi connectivity index (χ3n) is 1.78. The van der Waals surface area contributed by atoms with E-state index < -0.39 is 5.97 Å². The van der Waals surface area contributed by atoms with Gasteiger partial charge in [-0.15, -0.1) is 0 Å². The predicted molar refractivity (Wildman–Crippen MR) is 53.5 cm³/mol. The zero-order chi connectivity index (χ0) is 10.6. The molecule has 1 rings (SSSR count). The summed E-state index contributed by atoms with van der Waals surface area (Å²) in [4.78, 5) is 23.2. The van der Waals surface area contributed by atoms with Gasteiger partial charge in [0.15, 0.2) is 0 Å². The van der Waals surface area contributed by atoms with Gasteiger partial charge in [0, 0.05) is 19.0 Å². The molecule has 1 aromatic heterocycles. The number of carbonyl (C=O) groups is 2. The number of hydrogen-bond donors (Lipinski definition) is 1. The van der Waals surface area contributed by atoms with Crippen molar-refractivity contribution in [3.05, 3.63) is 22.4 Å².